The van der Waals surface area contributed by atoms with Crippen LogP contribution in [0.5, 0.6) is 5.75 Å². The summed E-state index contributed by atoms with van der Waals surface area (Å²) in [5.74, 6) is 0.365. The van der Waals surface area contributed by atoms with Crippen molar-refractivity contribution >= 4 is 21.4 Å². The number of aromatic hydroxyl groups is 1. The van der Waals surface area contributed by atoms with Gasteiger partial charge in [-0.15, -0.1) is 11.3 Å². The maximum Gasteiger partial charge on any atom is 0.117 e. The van der Waals surface area contributed by atoms with Gasteiger partial charge in [0.25, 0.3) is 0 Å². The number of hydrogen-bond acceptors (Lipinski definition) is 3. The van der Waals surface area contributed by atoms with Gasteiger partial charge in [0.2, 0.25) is 0 Å². The number of fused-ring (bicyclic) bond motifs is 1. The van der Waals surface area contributed by atoms with Gasteiger partial charge < -0.3 is 5.11 Å². The van der Waals surface area contributed by atoms with Crippen LogP contribution in [0.4, 0.5) is 0 Å². The third kappa shape index (κ3) is 2.31. The summed E-state index contributed by atoms with van der Waals surface area (Å²) in [7, 11) is 0. The van der Waals surface area contributed by atoms with E-state index in [1.54, 1.807) is 17.4 Å². The average molecular weight is 247 g/mol. The largest absolute Gasteiger partial charge is 0.508 e. The molecule has 0 saturated carbocycles. The SMILES string of the molecule is Oc1ccc2c(CN3CCCCC3)csc2c1. The first-order valence-corrected chi connectivity index (χ1v) is 7.12. The molecule has 0 spiro atoms. The normalized spacial score (nSPS) is 17.6. The Balaban J connectivity index is 1.84. The van der Waals surface area contributed by atoms with Gasteiger partial charge in [-0.05, 0) is 60.5 Å². The smallest absolute Gasteiger partial charge is 0.117 e. The molecule has 2 aromatic rings. The molecule has 1 aliphatic rings. The highest BCUT2D eigenvalue weighted by molar-refractivity contribution is 7.17. The van der Waals surface area contributed by atoms with Crippen molar-refractivity contribution in [2.75, 3.05) is 13.1 Å². The maximum atomic E-state index is 9.46. The third-order valence-electron chi connectivity index (χ3n) is 3.48. The number of hydrogen-bond donors (Lipinski definition) is 1. The Bertz CT molecular complexity index is 514. The van der Waals surface area contributed by atoms with Crippen LogP contribution in [0.15, 0.2) is 23.6 Å². The molecular weight excluding hydrogens is 230 g/mol. The van der Waals surface area contributed by atoms with Crippen LogP contribution in [0, 0.1) is 0 Å². The van der Waals surface area contributed by atoms with Gasteiger partial charge in [0, 0.05) is 11.2 Å². The second-order valence-corrected chi connectivity index (χ2v) is 5.69. The van der Waals surface area contributed by atoms with Crippen LogP contribution in [0.3, 0.4) is 0 Å². The monoisotopic (exact) mass is 247 g/mol. The molecule has 3 heteroatoms. The molecule has 0 aliphatic carbocycles. The van der Waals surface area contributed by atoms with Crippen LogP contribution >= 0.6 is 11.3 Å². The fourth-order valence-corrected chi connectivity index (χ4v) is 3.54. The standard InChI is InChI=1S/C14H17NOS/c16-12-4-5-13-11(10-17-14(13)8-12)9-15-6-2-1-3-7-15/h4-5,8,10,16H,1-3,6-7,9H2. The molecule has 3 rings (SSSR count). The van der Waals surface area contributed by atoms with Crippen molar-refractivity contribution in [1.82, 2.24) is 4.90 Å². The molecule has 1 aromatic carbocycles. The number of phenolic OH excluding ortho intramolecular Hbond substituents is 1. The summed E-state index contributed by atoms with van der Waals surface area (Å²) in [5, 5.41) is 13.0. The molecule has 0 radical (unpaired) electrons. The van der Waals surface area contributed by atoms with Crippen molar-refractivity contribution in [2.24, 2.45) is 0 Å². The van der Waals surface area contributed by atoms with E-state index in [9.17, 15) is 5.11 Å². The number of benzene rings is 1. The molecular formula is C14H17NOS. The van der Waals surface area contributed by atoms with Crippen LogP contribution in [-0.2, 0) is 6.54 Å². The summed E-state index contributed by atoms with van der Waals surface area (Å²) in [6, 6.07) is 5.69. The second kappa shape index (κ2) is 4.67. The average Bonchev–Trinajstić information content (AvgIpc) is 2.73. The van der Waals surface area contributed by atoms with Crippen LogP contribution in [-0.4, -0.2) is 23.1 Å². The summed E-state index contributed by atoms with van der Waals surface area (Å²) in [5.41, 5.74) is 1.41. The molecule has 90 valence electrons. The zero-order valence-electron chi connectivity index (χ0n) is 9.85. The minimum Gasteiger partial charge on any atom is -0.508 e. The number of thiophene rings is 1. The quantitative estimate of drug-likeness (QED) is 0.876. The van der Waals surface area contributed by atoms with Gasteiger partial charge in [-0.25, -0.2) is 0 Å². The van der Waals surface area contributed by atoms with E-state index in [1.807, 2.05) is 12.1 Å². The Labute approximate surface area is 105 Å². The van der Waals surface area contributed by atoms with E-state index in [2.05, 4.69) is 10.3 Å². The van der Waals surface area contributed by atoms with E-state index in [0.29, 0.717) is 5.75 Å². The zero-order chi connectivity index (χ0) is 11.7. The van der Waals surface area contributed by atoms with Gasteiger partial charge in [-0.2, -0.15) is 0 Å². The van der Waals surface area contributed by atoms with E-state index >= 15 is 0 Å². The van der Waals surface area contributed by atoms with Gasteiger partial charge in [-0.1, -0.05) is 6.42 Å². The molecule has 1 aromatic heterocycles. The molecule has 2 nitrogen and oxygen atoms in total. The van der Waals surface area contributed by atoms with Crippen molar-refractivity contribution < 1.29 is 5.11 Å². The third-order valence-corrected chi connectivity index (χ3v) is 4.48. The van der Waals surface area contributed by atoms with E-state index < -0.39 is 0 Å². The van der Waals surface area contributed by atoms with E-state index in [4.69, 9.17) is 0 Å². The van der Waals surface area contributed by atoms with Gasteiger partial charge in [0.05, 0.1) is 0 Å². The first-order chi connectivity index (χ1) is 8.33. The number of nitrogens with zero attached hydrogens (tertiary/aromatic N) is 1. The highest BCUT2D eigenvalue weighted by atomic mass is 32.1. The Morgan fingerprint density at radius 3 is 2.82 bits per heavy atom. The molecule has 1 aliphatic heterocycles. The Morgan fingerprint density at radius 1 is 1.18 bits per heavy atom. The molecule has 1 saturated heterocycles. The van der Waals surface area contributed by atoms with Gasteiger partial charge in [0.1, 0.15) is 5.75 Å². The summed E-state index contributed by atoms with van der Waals surface area (Å²) in [4.78, 5) is 2.54. The van der Waals surface area contributed by atoms with E-state index in [0.717, 1.165) is 6.54 Å². The van der Waals surface area contributed by atoms with Crippen molar-refractivity contribution in [1.29, 1.82) is 0 Å². The van der Waals surface area contributed by atoms with Crippen LogP contribution in [0.2, 0.25) is 0 Å². The predicted octanol–water partition coefficient (Wildman–Crippen LogP) is 3.59. The number of phenols is 1. The topological polar surface area (TPSA) is 23.5 Å². The van der Waals surface area contributed by atoms with E-state index in [1.165, 1.54) is 48.0 Å². The van der Waals surface area contributed by atoms with Crippen molar-refractivity contribution in [3.8, 4) is 5.75 Å². The lowest BCUT2D eigenvalue weighted by Crippen LogP contribution is -2.28. The number of rotatable bonds is 2. The molecule has 1 fully saturated rings. The van der Waals surface area contributed by atoms with Gasteiger partial charge in [-0.3, -0.25) is 4.90 Å². The fourth-order valence-electron chi connectivity index (χ4n) is 2.55. The molecule has 1 N–H and O–H groups in total. The molecule has 17 heavy (non-hydrogen) atoms. The van der Waals surface area contributed by atoms with Crippen molar-refractivity contribution in [2.45, 2.75) is 25.8 Å². The molecule has 0 atom stereocenters. The Kier molecular flexibility index (Phi) is 3.04. The Hall–Kier alpha value is -1.06. The van der Waals surface area contributed by atoms with Crippen LogP contribution in [0.25, 0.3) is 10.1 Å². The molecule has 2 heterocycles. The van der Waals surface area contributed by atoms with Crippen molar-refractivity contribution in [3.05, 3.63) is 29.1 Å². The summed E-state index contributed by atoms with van der Waals surface area (Å²) >= 11 is 1.73. The second-order valence-electron chi connectivity index (χ2n) is 4.78. The van der Waals surface area contributed by atoms with Crippen LogP contribution in [0.1, 0.15) is 24.8 Å². The van der Waals surface area contributed by atoms with Crippen LogP contribution < -0.4 is 0 Å². The lowest BCUT2D eigenvalue weighted by atomic mass is 10.1. The highest BCUT2D eigenvalue weighted by Crippen LogP contribution is 2.30. The number of likely N-dealkylation sites (tertiary alicyclic amines) is 1. The summed E-state index contributed by atoms with van der Waals surface area (Å²) in [6.45, 7) is 3.52. The summed E-state index contributed by atoms with van der Waals surface area (Å²) < 4.78 is 1.19. The summed E-state index contributed by atoms with van der Waals surface area (Å²) in [6.07, 6.45) is 4.06. The fraction of sp³-hybridized carbons (Fsp3) is 0.429. The zero-order valence-corrected chi connectivity index (χ0v) is 10.7. The highest BCUT2D eigenvalue weighted by Gasteiger charge is 2.12. The van der Waals surface area contributed by atoms with E-state index in [-0.39, 0.29) is 0 Å². The maximum absolute atomic E-state index is 9.46. The van der Waals surface area contributed by atoms with Gasteiger partial charge >= 0.3 is 0 Å². The molecule has 0 bridgehead atoms. The Morgan fingerprint density at radius 2 is 2.00 bits per heavy atom. The lowest BCUT2D eigenvalue weighted by Gasteiger charge is -2.26. The predicted molar refractivity (Wildman–Crippen MR) is 72.6 cm³/mol. The first kappa shape index (κ1) is 11.1. The minimum atomic E-state index is 0.365. The van der Waals surface area contributed by atoms with Gasteiger partial charge in [0.15, 0.2) is 0 Å². The number of piperidine rings is 1. The lowest BCUT2D eigenvalue weighted by molar-refractivity contribution is 0.222. The molecule has 0 unspecified atom stereocenters. The van der Waals surface area contributed by atoms with Crippen molar-refractivity contribution in [3.63, 3.8) is 0 Å². The first-order valence-electron chi connectivity index (χ1n) is 6.24. The molecule has 0 amide bonds. The minimum absolute atomic E-state index is 0.365.